The number of aliphatic carboxylic acids is 1. The van der Waals surface area contributed by atoms with Crippen molar-refractivity contribution in [3.8, 4) is 0 Å². The van der Waals surface area contributed by atoms with Gasteiger partial charge in [0.25, 0.3) is 0 Å². The number of carbonyl (C=O) groups excluding carboxylic acids is 1. The molecule has 1 aliphatic heterocycles. The second kappa shape index (κ2) is 7.16. The number of benzene rings is 1. The minimum Gasteiger partial charge on any atom is -0.481 e. The zero-order valence-corrected chi connectivity index (χ0v) is 13.5. The van der Waals surface area contributed by atoms with Crippen LogP contribution < -0.4 is 0 Å². The molecule has 0 unspecified atom stereocenters. The highest BCUT2D eigenvalue weighted by molar-refractivity contribution is 5.82. The van der Waals surface area contributed by atoms with E-state index in [0.717, 1.165) is 18.7 Å². The molecular formula is C19H25NO3. The maximum Gasteiger partial charge on any atom is 0.307 e. The Morgan fingerprint density at radius 1 is 1.09 bits per heavy atom. The number of nitrogens with zero attached hydrogens (tertiary/aromatic N) is 1. The molecule has 4 heteroatoms. The van der Waals surface area contributed by atoms with E-state index in [-0.39, 0.29) is 12.3 Å². The lowest BCUT2D eigenvalue weighted by Crippen LogP contribution is -2.33. The summed E-state index contributed by atoms with van der Waals surface area (Å²) in [6.45, 7) is 1.67. The Hall–Kier alpha value is -1.84. The number of hydrogen-bond donors (Lipinski definition) is 1. The van der Waals surface area contributed by atoms with E-state index in [0.29, 0.717) is 18.3 Å². The van der Waals surface area contributed by atoms with Crippen LogP contribution in [0.5, 0.6) is 0 Å². The van der Waals surface area contributed by atoms with Gasteiger partial charge in [-0.25, -0.2) is 0 Å². The Morgan fingerprint density at radius 3 is 2.26 bits per heavy atom. The molecule has 1 aromatic rings. The van der Waals surface area contributed by atoms with Crippen molar-refractivity contribution in [2.75, 3.05) is 13.1 Å². The predicted octanol–water partition coefficient (Wildman–Crippen LogP) is 2.97. The highest BCUT2D eigenvalue weighted by Crippen LogP contribution is 2.36. The summed E-state index contributed by atoms with van der Waals surface area (Å²) >= 11 is 0. The normalized spacial score (nSPS) is 25.0. The fraction of sp³-hybridized carbons (Fsp3) is 0.579. The molecular weight excluding hydrogens is 290 g/mol. The second-order valence-electron chi connectivity index (χ2n) is 7.03. The summed E-state index contributed by atoms with van der Waals surface area (Å²) in [5, 5.41) is 9.46. The molecule has 3 atom stereocenters. The van der Waals surface area contributed by atoms with Gasteiger partial charge in [-0.3, -0.25) is 9.59 Å². The van der Waals surface area contributed by atoms with Gasteiger partial charge in [-0.15, -0.1) is 0 Å². The molecule has 0 bridgehead atoms. The van der Waals surface area contributed by atoms with Crippen molar-refractivity contribution in [2.24, 2.45) is 17.8 Å². The lowest BCUT2D eigenvalue weighted by molar-refractivity contribution is -0.145. The van der Waals surface area contributed by atoms with E-state index < -0.39 is 11.9 Å². The Balaban J connectivity index is 1.59. The van der Waals surface area contributed by atoms with Crippen LogP contribution in [0.1, 0.15) is 37.7 Å². The van der Waals surface area contributed by atoms with E-state index in [9.17, 15) is 14.7 Å². The van der Waals surface area contributed by atoms with Gasteiger partial charge in [0.15, 0.2) is 0 Å². The molecule has 4 nitrogen and oxygen atoms in total. The van der Waals surface area contributed by atoms with Gasteiger partial charge in [0.05, 0.1) is 5.92 Å². The lowest BCUT2D eigenvalue weighted by atomic mass is 9.82. The SMILES string of the molecule is O=C(O)[C@H](CC(=O)N1C[C@H]2CCCC[C@@H]2C1)Cc1ccccc1. The van der Waals surface area contributed by atoms with E-state index in [1.165, 1.54) is 25.7 Å². The summed E-state index contributed by atoms with van der Waals surface area (Å²) in [5.74, 6) is -0.204. The number of hydrogen-bond acceptors (Lipinski definition) is 2. The number of carbonyl (C=O) groups is 2. The maximum absolute atomic E-state index is 12.6. The van der Waals surface area contributed by atoms with Crippen molar-refractivity contribution < 1.29 is 14.7 Å². The molecule has 1 amide bonds. The van der Waals surface area contributed by atoms with Gasteiger partial charge < -0.3 is 10.0 Å². The molecule has 1 saturated carbocycles. The molecule has 2 fully saturated rings. The Kier molecular flexibility index (Phi) is 4.99. The molecule has 2 aliphatic rings. The molecule has 23 heavy (non-hydrogen) atoms. The van der Waals surface area contributed by atoms with Crippen molar-refractivity contribution in [1.29, 1.82) is 0 Å². The Bertz CT molecular complexity index is 543. The standard InChI is InChI=1S/C19H25NO3/c21-18(20-12-15-8-4-5-9-16(15)13-20)11-17(19(22)23)10-14-6-2-1-3-7-14/h1-3,6-7,15-17H,4-5,8-13H2,(H,22,23)/t15-,16-,17+/m1/s1. The fourth-order valence-electron chi connectivity index (χ4n) is 4.09. The van der Waals surface area contributed by atoms with Crippen LogP contribution in [0.2, 0.25) is 0 Å². The minimum atomic E-state index is -0.876. The molecule has 0 aromatic heterocycles. The van der Waals surface area contributed by atoms with Crippen LogP contribution in [0.4, 0.5) is 0 Å². The Morgan fingerprint density at radius 2 is 1.70 bits per heavy atom. The van der Waals surface area contributed by atoms with Crippen LogP contribution in [0.3, 0.4) is 0 Å². The van der Waals surface area contributed by atoms with Crippen LogP contribution in [0, 0.1) is 17.8 Å². The molecule has 1 saturated heterocycles. The van der Waals surface area contributed by atoms with Crippen molar-refractivity contribution in [3.05, 3.63) is 35.9 Å². The van der Waals surface area contributed by atoms with E-state index in [4.69, 9.17) is 0 Å². The highest BCUT2D eigenvalue weighted by atomic mass is 16.4. The van der Waals surface area contributed by atoms with Crippen LogP contribution in [-0.2, 0) is 16.0 Å². The van der Waals surface area contributed by atoms with Crippen LogP contribution in [0.15, 0.2) is 30.3 Å². The predicted molar refractivity (Wildman–Crippen MR) is 87.9 cm³/mol. The van der Waals surface area contributed by atoms with Gasteiger partial charge in [-0.05, 0) is 36.7 Å². The third-order valence-corrected chi connectivity index (χ3v) is 5.42. The van der Waals surface area contributed by atoms with Crippen molar-refractivity contribution >= 4 is 11.9 Å². The number of fused-ring (bicyclic) bond motifs is 1. The fourth-order valence-corrected chi connectivity index (χ4v) is 4.09. The summed E-state index contributed by atoms with van der Waals surface area (Å²) in [4.78, 5) is 26.0. The monoisotopic (exact) mass is 315 g/mol. The molecule has 1 aromatic carbocycles. The Labute approximate surface area is 137 Å². The van der Waals surface area contributed by atoms with Gasteiger partial charge in [0, 0.05) is 19.5 Å². The minimum absolute atomic E-state index is 0.0164. The first-order valence-electron chi connectivity index (χ1n) is 8.68. The van der Waals surface area contributed by atoms with E-state index in [1.54, 1.807) is 0 Å². The second-order valence-corrected chi connectivity index (χ2v) is 7.03. The summed E-state index contributed by atoms with van der Waals surface area (Å²) < 4.78 is 0. The molecule has 1 N–H and O–H groups in total. The summed E-state index contributed by atoms with van der Waals surface area (Å²) in [6.07, 6.45) is 5.53. The number of rotatable bonds is 5. The highest BCUT2D eigenvalue weighted by Gasteiger charge is 2.37. The van der Waals surface area contributed by atoms with Crippen LogP contribution in [0.25, 0.3) is 0 Å². The lowest BCUT2D eigenvalue weighted by Gasteiger charge is -2.22. The molecule has 1 aliphatic carbocycles. The zero-order chi connectivity index (χ0) is 16.2. The van der Waals surface area contributed by atoms with Crippen LogP contribution >= 0.6 is 0 Å². The maximum atomic E-state index is 12.6. The number of carboxylic acids is 1. The van der Waals surface area contributed by atoms with Gasteiger partial charge in [-0.1, -0.05) is 43.2 Å². The van der Waals surface area contributed by atoms with Crippen molar-refractivity contribution in [3.63, 3.8) is 0 Å². The first-order valence-corrected chi connectivity index (χ1v) is 8.68. The van der Waals surface area contributed by atoms with Crippen molar-refractivity contribution in [1.82, 2.24) is 4.90 Å². The number of amides is 1. The zero-order valence-electron chi connectivity index (χ0n) is 13.5. The molecule has 0 radical (unpaired) electrons. The quantitative estimate of drug-likeness (QED) is 0.909. The number of carboxylic acid groups (broad SMARTS) is 1. The first kappa shape index (κ1) is 16.0. The number of likely N-dealkylation sites (tertiary alicyclic amines) is 1. The average Bonchev–Trinajstić information content (AvgIpc) is 2.99. The largest absolute Gasteiger partial charge is 0.481 e. The topological polar surface area (TPSA) is 57.6 Å². The van der Waals surface area contributed by atoms with E-state index >= 15 is 0 Å². The van der Waals surface area contributed by atoms with Crippen molar-refractivity contribution in [2.45, 2.75) is 38.5 Å². The summed E-state index contributed by atoms with van der Waals surface area (Å²) in [7, 11) is 0. The van der Waals surface area contributed by atoms with Gasteiger partial charge in [-0.2, -0.15) is 0 Å². The third-order valence-electron chi connectivity index (χ3n) is 5.42. The van der Waals surface area contributed by atoms with Gasteiger partial charge in [0.1, 0.15) is 0 Å². The average molecular weight is 315 g/mol. The summed E-state index contributed by atoms with van der Waals surface area (Å²) in [6, 6.07) is 9.56. The smallest absolute Gasteiger partial charge is 0.307 e. The molecule has 1 heterocycles. The molecule has 3 rings (SSSR count). The third kappa shape index (κ3) is 3.92. The first-order chi connectivity index (χ1) is 11.1. The van der Waals surface area contributed by atoms with E-state index in [1.807, 2.05) is 35.2 Å². The van der Waals surface area contributed by atoms with Gasteiger partial charge in [0.2, 0.25) is 5.91 Å². The molecule has 124 valence electrons. The van der Waals surface area contributed by atoms with E-state index in [2.05, 4.69) is 0 Å². The van der Waals surface area contributed by atoms with Gasteiger partial charge >= 0.3 is 5.97 Å². The summed E-state index contributed by atoms with van der Waals surface area (Å²) in [5.41, 5.74) is 0.975. The van der Waals surface area contributed by atoms with Crippen LogP contribution in [-0.4, -0.2) is 35.0 Å². The molecule has 0 spiro atoms.